The maximum absolute atomic E-state index is 12.3. The van der Waals surface area contributed by atoms with Crippen LogP contribution in [0.2, 0.25) is 0 Å². The average molecular weight is 296 g/mol. The number of rotatable bonds is 2. The Morgan fingerprint density at radius 2 is 2.00 bits per heavy atom. The predicted octanol–water partition coefficient (Wildman–Crippen LogP) is 3.52. The largest absolute Gasteiger partial charge is 0.445 e. The van der Waals surface area contributed by atoms with Crippen molar-refractivity contribution < 1.29 is 9.53 Å². The maximum Gasteiger partial charge on any atom is 0.410 e. The second kappa shape index (κ2) is 6.10. The molecule has 0 fully saturated rings. The zero-order valence-electron chi connectivity index (χ0n) is 12.7. The van der Waals surface area contributed by atoms with E-state index in [0.717, 1.165) is 28.8 Å². The Kier molecular flexibility index (Phi) is 4.00. The first-order valence-corrected chi connectivity index (χ1v) is 7.51. The molecule has 2 aromatic carbocycles. The van der Waals surface area contributed by atoms with Crippen molar-refractivity contribution in [1.29, 1.82) is 0 Å². The van der Waals surface area contributed by atoms with Gasteiger partial charge in [-0.1, -0.05) is 42.5 Å². The normalized spacial score (nSPS) is 17.0. The van der Waals surface area contributed by atoms with Crippen molar-refractivity contribution in [3.8, 4) is 0 Å². The van der Waals surface area contributed by atoms with Crippen molar-refractivity contribution in [2.45, 2.75) is 26.0 Å². The third-order valence-corrected chi connectivity index (χ3v) is 4.21. The van der Waals surface area contributed by atoms with Crippen LogP contribution in [0.1, 0.15) is 29.7 Å². The quantitative estimate of drug-likeness (QED) is 0.863. The van der Waals surface area contributed by atoms with E-state index in [0.29, 0.717) is 13.2 Å². The molecule has 0 aliphatic carbocycles. The number of nitrogens with two attached hydrogens (primary N) is 1. The second-order valence-corrected chi connectivity index (χ2v) is 5.57. The summed E-state index contributed by atoms with van der Waals surface area (Å²) in [5, 5.41) is 0. The summed E-state index contributed by atoms with van der Waals surface area (Å²) in [6, 6.07) is 15.6. The molecule has 1 heterocycles. The minimum Gasteiger partial charge on any atom is -0.445 e. The number of fused-ring (bicyclic) bond motifs is 1. The standard InChI is InChI=1S/C18H20N2O2/c1-13-15-8-5-9-17(19)16(15)10-11-20(13)18(21)22-12-14-6-3-2-4-7-14/h2-9,13H,10-12,19H2,1H3. The summed E-state index contributed by atoms with van der Waals surface area (Å²) in [7, 11) is 0. The molecule has 0 bridgehead atoms. The third kappa shape index (κ3) is 2.77. The number of anilines is 1. The molecule has 3 rings (SSSR count). The van der Waals surface area contributed by atoms with Crippen molar-refractivity contribution in [1.82, 2.24) is 4.90 Å². The Hall–Kier alpha value is -2.49. The van der Waals surface area contributed by atoms with Gasteiger partial charge in [0.05, 0.1) is 6.04 Å². The zero-order valence-corrected chi connectivity index (χ0v) is 12.7. The van der Waals surface area contributed by atoms with Crippen LogP contribution in [0, 0.1) is 0 Å². The van der Waals surface area contributed by atoms with E-state index in [2.05, 4.69) is 0 Å². The number of nitrogens with zero attached hydrogens (tertiary/aromatic N) is 1. The molecule has 22 heavy (non-hydrogen) atoms. The number of nitrogen functional groups attached to an aromatic ring is 1. The highest BCUT2D eigenvalue weighted by Crippen LogP contribution is 2.32. The average Bonchev–Trinajstić information content (AvgIpc) is 2.55. The number of amides is 1. The van der Waals surface area contributed by atoms with Gasteiger partial charge in [0.1, 0.15) is 6.61 Å². The fourth-order valence-electron chi connectivity index (χ4n) is 2.95. The molecule has 1 aliphatic rings. The van der Waals surface area contributed by atoms with Gasteiger partial charge < -0.3 is 15.4 Å². The summed E-state index contributed by atoms with van der Waals surface area (Å²) >= 11 is 0. The van der Waals surface area contributed by atoms with Gasteiger partial charge in [-0.15, -0.1) is 0 Å². The summed E-state index contributed by atoms with van der Waals surface area (Å²) in [6.07, 6.45) is 0.497. The van der Waals surface area contributed by atoms with Crippen LogP contribution in [0.25, 0.3) is 0 Å². The SMILES string of the molecule is CC1c2cccc(N)c2CCN1C(=O)OCc1ccccc1. The number of ether oxygens (including phenoxy) is 1. The Bertz CT molecular complexity index is 670. The highest BCUT2D eigenvalue weighted by Gasteiger charge is 2.29. The van der Waals surface area contributed by atoms with Crippen molar-refractivity contribution in [2.24, 2.45) is 0 Å². The fourth-order valence-corrected chi connectivity index (χ4v) is 2.95. The summed E-state index contributed by atoms with van der Waals surface area (Å²) in [5.74, 6) is 0. The summed E-state index contributed by atoms with van der Waals surface area (Å²) < 4.78 is 5.44. The van der Waals surface area contributed by atoms with Crippen LogP contribution < -0.4 is 5.73 Å². The van der Waals surface area contributed by atoms with Gasteiger partial charge in [0, 0.05) is 12.2 Å². The van der Waals surface area contributed by atoms with Gasteiger partial charge in [-0.3, -0.25) is 0 Å². The van der Waals surface area contributed by atoms with Crippen LogP contribution >= 0.6 is 0 Å². The summed E-state index contributed by atoms with van der Waals surface area (Å²) in [5.41, 5.74) is 10.1. The predicted molar refractivity (Wildman–Crippen MR) is 86.3 cm³/mol. The van der Waals surface area contributed by atoms with E-state index in [1.807, 2.05) is 55.5 Å². The number of carbonyl (C=O) groups is 1. The molecule has 4 heteroatoms. The maximum atomic E-state index is 12.3. The van der Waals surface area contributed by atoms with Crippen LogP contribution in [-0.4, -0.2) is 17.5 Å². The molecule has 1 aliphatic heterocycles. The molecule has 0 aromatic heterocycles. The number of hydrogen-bond acceptors (Lipinski definition) is 3. The monoisotopic (exact) mass is 296 g/mol. The lowest BCUT2D eigenvalue weighted by Gasteiger charge is -2.35. The summed E-state index contributed by atoms with van der Waals surface area (Å²) in [4.78, 5) is 14.1. The molecule has 1 amide bonds. The van der Waals surface area contributed by atoms with Gasteiger partial charge >= 0.3 is 6.09 Å². The van der Waals surface area contributed by atoms with Crippen LogP contribution in [0.5, 0.6) is 0 Å². The Labute approximate surface area is 130 Å². The Balaban J connectivity index is 1.69. The minimum atomic E-state index is -0.274. The van der Waals surface area contributed by atoms with Crippen molar-refractivity contribution >= 4 is 11.8 Å². The van der Waals surface area contributed by atoms with E-state index in [9.17, 15) is 4.79 Å². The molecule has 0 saturated heterocycles. The number of hydrogen-bond donors (Lipinski definition) is 1. The van der Waals surface area contributed by atoms with Crippen molar-refractivity contribution in [3.63, 3.8) is 0 Å². The first kappa shape index (κ1) is 14.4. The van der Waals surface area contributed by atoms with Crippen molar-refractivity contribution in [2.75, 3.05) is 12.3 Å². The molecule has 1 atom stereocenters. The van der Waals surface area contributed by atoms with E-state index in [-0.39, 0.29) is 12.1 Å². The topological polar surface area (TPSA) is 55.6 Å². The molecule has 2 N–H and O–H groups in total. The smallest absolute Gasteiger partial charge is 0.410 e. The fraction of sp³-hybridized carbons (Fsp3) is 0.278. The molecule has 1 unspecified atom stereocenters. The molecule has 0 saturated carbocycles. The van der Waals surface area contributed by atoms with E-state index >= 15 is 0 Å². The van der Waals surface area contributed by atoms with Crippen LogP contribution in [-0.2, 0) is 17.8 Å². The lowest BCUT2D eigenvalue weighted by molar-refractivity contribution is 0.0804. The molecule has 0 spiro atoms. The van der Waals surface area contributed by atoms with Gasteiger partial charge in [-0.25, -0.2) is 4.79 Å². The van der Waals surface area contributed by atoms with Crippen LogP contribution in [0.15, 0.2) is 48.5 Å². The summed E-state index contributed by atoms with van der Waals surface area (Å²) in [6.45, 7) is 2.95. The molecule has 114 valence electrons. The number of benzene rings is 2. The van der Waals surface area contributed by atoms with Gasteiger partial charge in [-0.2, -0.15) is 0 Å². The molecule has 0 radical (unpaired) electrons. The third-order valence-electron chi connectivity index (χ3n) is 4.21. The van der Waals surface area contributed by atoms with Crippen molar-refractivity contribution in [3.05, 3.63) is 65.2 Å². The molecule has 4 nitrogen and oxygen atoms in total. The zero-order chi connectivity index (χ0) is 15.5. The minimum absolute atomic E-state index is 0.0180. The van der Waals surface area contributed by atoms with Crippen LogP contribution in [0.4, 0.5) is 10.5 Å². The van der Waals surface area contributed by atoms with E-state index < -0.39 is 0 Å². The molecular weight excluding hydrogens is 276 g/mol. The van der Waals surface area contributed by atoms with Gasteiger partial charge in [-0.05, 0) is 36.1 Å². The first-order valence-electron chi connectivity index (χ1n) is 7.51. The number of carbonyl (C=O) groups excluding carboxylic acids is 1. The molecule has 2 aromatic rings. The first-order chi connectivity index (χ1) is 10.7. The Morgan fingerprint density at radius 3 is 2.77 bits per heavy atom. The Morgan fingerprint density at radius 1 is 1.23 bits per heavy atom. The van der Waals surface area contributed by atoms with E-state index in [4.69, 9.17) is 10.5 Å². The van der Waals surface area contributed by atoms with Gasteiger partial charge in [0.2, 0.25) is 0 Å². The highest BCUT2D eigenvalue weighted by molar-refractivity contribution is 5.69. The lowest BCUT2D eigenvalue weighted by Crippen LogP contribution is -2.39. The van der Waals surface area contributed by atoms with E-state index in [1.165, 1.54) is 0 Å². The second-order valence-electron chi connectivity index (χ2n) is 5.57. The van der Waals surface area contributed by atoms with Gasteiger partial charge in [0.25, 0.3) is 0 Å². The highest BCUT2D eigenvalue weighted by atomic mass is 16.6. The van der Waals surface area contributed by atoms with Gasteiger partial charge in [0.15, 0.2) is 0 Å². The van der Waals surface area contributed by atoms with Crippen LogP contribution in [0.3, 0.4) is 0 Å². The van der Waals surface area contributed by atoms with E-state index in [1.54, 1.807) is 4.90 Å². The lowest BCUT2D eigenvalue weighted by atomic mass is 9.92. The molecular formula is C18H20N2O2.